The highest BCUT2D eigenvalue weighted by Gasteiger charge is 2.32. The van der Waals surface area contributed by atoms with E-state index in [2.05, 4.69) is 76.3 Å². The number of halogens is 2. The van der Waals surface area contributed by atoms with Gasteiger partial charge in [0, 0.05) is 40.8 Å². The van der Waals surface area contributed by atoms with Crippen LogP contribution in [0.2, 0.25) is 5.02 Å². The van der Waals surface area contributed by atoms with Crippen LogP contribution in [-0.2, 0) is 13.1 Å². The zero-order valence-corrected chi connectivity index (χ0v) is 19.9. The lowest BCUT2D eigenvalue weighted by molar-refractivity contribution is 0.296. The van der Waals surface area contributed by atoms with E-state index in [-0.39, 0.29) is 11.9 Å². The van der Waals surface area contributed by atoms with Crippen molar-refractivity contribution in [2.45, 2.75) is 19.1 Å². The van der Waals surface area contributed by atoms with Gasteiger partial charge in [0.1, 0.15) is 5.82 Å². The molecule has 1 atom stereocenters. The number of hydrogen-bond acceptors (Lipinski definition) is 1. The van der Waals surface area contributed by atoms with Crippen molar-refractivity contribution in [2.24, 2.45) is 0 Å². The van der Waals surface area contributed by atoms with E-state index in [1.165, 1.54) is 39.9 Å². The van der Waals surface area contributed by atoms with Crippen LogP contribution in [0.1, 0.15) is 34.0 Å². The monoisotopic (exact) mass is 478 g/mol. The van der Waals surface area contributed by atoms with Crippen LogP contribution in [0, 0.1) is 5.82 Å². The van der Waals surface area contributed by atoms with Crippen LogP contribution >= 0.6 is 11.6 Å². The molecule has 5 aromatic rings. The average Bonchev–Trinajstić information content (AvgIpc) is 3.20. The van der Waals surface area contributed by atoms with Crippen molar-refractivity contribution < 1.29 is 4.39 Å². The number of hydrogen-bond donors (Lipinski definition) is 0. The minimum Gasteiger partial charge on any atom is -0.361 e. The number of benzene rings is 4. The molecule has 4 aromatic carbocycles. The minimum atomic E-state index is -0.226. The Morgan fingerprint density at radius 1 is 0.714 bits per heavy atom. The molecule has 0 N–H and O–H groups in total. The fraction of sp³-hybridized carbons (Fsp3) is 0.0968. The van der Waals surface area contributed by atoms with Gasteiger partial charge in [0.15, 0.2) is 0 Å². The lowest BCUT2D eigenvalue weighted by Crippen LogP contribution is -2.29. The Hall–Kier alpha value is -3.82. The zero-order chi connectivity index (χ0) is 23.8. The molecular formula is C31H24ClFN2. The molecule has 1 aliphatic heterocycles. The topological polar surface area (TPSA) is 8.17 Å². The summed E-state index contributed by atoms with van der Waals surface area (Å²) in [5, 5.41) is 1.97. The molecule has 6 rings (SSSR count). The summed E-state index contributed by atoms with van der Waals surface area (Å²) >= 11 is 6.81. The van der Waals surface area contributed by atoms with Gasteiger partial charge in [0.05, 0.1) is 11.7 Å². The summed E-state index contributed by atoms with van der Waals surface area (Å²) in [7, 11) is 0. The van der Waals surface area contributed by atoms with E-state index in [0.717, 1.165) is 22.7 Å². The smallest absolute Gasteiger partial charge is 0.123 e. The van der Waals surface area contributed by atoms with Gasteiger partial charge in [-0.1, -0.05) is 90.5 Å². The molecule has 2 nitrogen and oxygen atoms in total. The van der Waals surface area contributed by atoms with Gasteiger partial charge >= 0.3 is 0 Å². The molecular weight excluding hydrogens is 455 g/mol. The first-order valence-corrected chi connectivity index (χ1v) is 12.1. The Bertz CT molecular complexity index is 1520. The van der Waals surface area contributed by atoms with E-state index in [0.29, 0.717) is 6.54 Å². The molecule has 1 aromatic heterocycles. The first kappa shape index (κ1) is 21.7. The second kappa shape index (κ2) is 9.09. The third-order valence-corrected chi connectivity index (χ3v) is 7.08. The van der Waals surface area contributed by atoms with Crippen LogP contribution in [0.15, 0.2) is 109 Å². The summed E-state index contributed by atoms with van der Waals surface area (Å²) in [6.45, 7) is 1.40. The molecule has 1 unspecified atom stereocenters. The number of nitrogens with zero attached hydrogens (tertiary/aromatic N) is 2. The van der Waals surface area contributed by atoms with E-state index >= 15 is 0 Å². The summed E-state index contributed by atoms with van der Waals surface area (Å²) in [5.74, 6) is -0.226. The first-order chi connectivity index (χ1) is 17.2. The van der Waals surface area contributed by atoms with Gasteiger partial charge in [0.25, 0.3) is 0 Å². The highest BCUT2D eigenvalue weighted by atomic mass is 35.5. The van der Waals surface area contributed by atoms with Gasteiger partial charge < -0.3 is 9.47 Å². The van der Waals surface area contributed by atoms with Crippen LogP contribution in [-0.4, -0.2) is 9.47 Å². The second-order valence-electron chi connectivity index (χ2n) is 8.93. The lowest BCUT2D eigenvalue weighted by Gasteiger charge is -2.36. The summed E-state index contributed by atoms with van der Waals surface area (Å²) in [5.41, 5.74) is 6.98. The van der Waals surface area contributed by atoms with Crippen molar-refractivity contribution in [3.05, 3.63) is 148 Å². The Morgan fingerprint density at radius 2 is 1.40 bits per heavy atom. The van der Waals surface area contributed by atoms with E-state index in [4.69, 9.17) is 11.6 Å². The third kappa shape index (κ3) is 4.02. The maximum atomic E-state index is 13.6. The molecule has 0 bridgehead atoms. The molecule has 0 amide bonds. The predicted molar refractivity (Wildman–Crippen MR) is 142 cm³/mol. The van der Waals surface area contributed by atoms with Gasteiger partial charge in [-0.25, -0.2) is 4.39 Å². The first-order valence-electron chi connectivity index (χ1n) is 11.8. The number of para-hydroxylation sites is 1. The van der Waals surface area contributed by atoms with E-state index < -0.39 is 0 Å². The SMILES string of the molecule is Fc1ccc(CN2C=Cc3c(n(Cc4ccccc4)c4ccccc34)C2c2ccccc2Cl)cc1. The summed E-state index contributed by atoms with van der Waals surface area (Å²) in [6.07, 6.45) is 4.36. The highest BCUT2D eigenvalue weighted by Crippen LogP contribution is 2.43. The molecule has 1 aliphatic rings. The minimum absolute atomic E-state index is 0.0927. The third-order valence-electron chi connectivity index (χ3n) is 6.74. The molecule has 0 saturated heterocycles. The molecule has 0 spiro atoms. The Balaban J connectivity index is 1.56. The Kier molecular flexibility index (Phi) is 5.63. The standard InChI is InChI=1S/C31H24ClFN2/c32-28-12-6-4-11-27(28)30-31-26(18-19-34(30)20-23-14-16-24(33)17-15-23)25-10-5-7-13-29(25)35(31)21-22-8-2-1-3-9-22/h1-19,30H,20-21H2. The van der Waals surface area contributed by atoms with Crippen LogP contribution in [0.25, 0.3) is 17.0 Å². The molecule has 35 heavy (non-hydrogen) atoms. The van der Waals surface area contributed by atoms with Crippen LogP contribution in [0.4, 0.5) is 4.39 Å². The maximum absolute atomic E-state index is 13.6. The van der Waals surface area contributed by atoms with Gasteiger partial charge in [-0.15, -0.1) is 0 Å². The van der Waals surface area contributed by atoms with Crippen molar-refractivity contribution in [2.75, 3.05) is 0 Å². The van der Waals surface area contributed by atoms with Gasteiger partial charge in [-0.05, 0) is 47.0 Å². The maximum Gasteiger partial charge on any atom is 0.123 e. The van der Waals surface area contributed by atoms with Gasteiger partial charge in [0.2, 0.25) is 0 Å². The molecule has 0 radical (unpaired) electrons. The van der Waals surface area contributed by atoms with Gasteiger partial charge in [-0.3, -0.25) is 0 Å². The van der Waals surface area contributed by atoms with Crippen molar-refractivity contribution in [1.29, 1.82) is 0 Å². The molecule has 0 saturated carbocycles. The highest BCUT2D eigenvalue weighted by molar-refractivity contribution is 6.31. The van der Waals surface area contributed by atoms with E-state index in [1.54, 1.807) is 0 Å². The number of rotatable bonds is 5. The van der Waals surface area contributed by atoms with Crippen molar-refractivity contribution in [1.82, 2.24) is 9.47 Å². The average molecular weight is 479 g/mol. The second-order valence-corrected chi connectivity index (χ2v) is 9.33. The normalized spacial score (nSPS) is 14.9. The predicted octanol–water partition coefficient (Wildman–Crippen LogP) is 8.06. The van der Waals surface area contributed by atoms with Crippen molar-refractivity contribution in [3.63, 3.8) is 0 Å². The molecule has 0 aliphatic carbocycles. The van der Waals surface area contributed by atoms with Crippen LogP contribution in [0.5, 0.6) is 0 Å². The molecule has 0 fully saturated rings. The Morgan fingerprint density at radius 3 is 2.20 bits per heavy atom. The number of fused-ring (bicyclic) bond motifs is 3. The Labute approximate surface area is 209 Å². The lowest BCUT2D eigenvalue weighted by atomic mass is 9.94. The zero-order valence-electron chi connectivity index (χ0n) is 19.1. The van der Waals surface area contributed by atoms with Crippen molar-refractivity contribution >= 4 is 28.6 Å². The van der Waals surface area contributed by atoms with Crippen molar-refractivity contribution in [3.8, 4) is 0 Å². The van der Waals surface area contributed by atoms with Crippen LogP contribution < -0.4 is 0 Å². The van der Waals surface area contributed by atoms with E-state index in [1.807, 2.05) is 36.4 Å². The molecule has 2 heterocycles. The summed E-state index contributed by atoms with van der Waals surface area (Å²) < 4.78 is 16.0. The van der Waals surface area contributed by atoms with E-state index in [9.17, 15) is 4.39 Å². The largest absolute Gasteiger partial charge is 0.361 e. The molecule has 172 valence electrons. The fourth-order valence-corrected chi connectivity index (χ4v) is 5.38. The van der Waals surface area contributed by atoms with Gasteiger partial charge in [-0.2, -0.15) is 0 Å². The fourth-order valence-electron chi connectivity index (χ4n) is 5.14. The molecule has 4 heteroatoms. The summed E-state index contributed by atoms with van der Waals surface area (Å²) in [4.78, 5) is 2.30. The quantitative estimate of drug-likeness (QED) is 0.248. The van der Waals surface area contributed by atoms with Crippen LogP contribution in [0.3, 0.4) is 0 Å². The summed E-state index contributed by atoms with van der Waals surface area (Å²) in [6, 6.07) is 33.8. The number of aromatic nitrogens is 1.